The van der Waals surface area contributed by atoms with Gasteiger partial charge in [-0.1, -0.05) is 0 Å². The zero-order valence-corrected chi connectivity index (χ0v) is 17.9. The predicted molar refractivity (Wildman–Crippen MR) is 117 cm³/mol. The number of aliphatic carboxylic acids is 1. The highest BCUT2D eigenvalue weighted by molar-refractivity contribution is 5.92. The number of carboxylic acids is 1. The van der Waals surface area contributed by atoms with E-state index < -0.39 is 24.1 Å². The lowest BCUT2D eigenvalue weighted by Crippen LogP contribution is -2.51. The van der Waals surface area contributed by atoms with Gasteiger partial charge in [0.15, 0.2) is 11.6 Å². The standard InChI is InChI=1S/C23H21F3N6O2/c24-12-7-13-14(9-28-20(13)27-8-12)21-30-22(16-6-5-15(19(25)26)32(16)31-21)29-18-11-3-1-10(2-4-11)17(18)23(33)34/h5-11,17-19H,1-4H2,(H,27,28)(H,33,34)(H,29,30,31)/t10?,11?,17-,18-/m1/s1. The van der Waals surface area contributed by atoms with E-state index in [-0.39, 0.29) is 35.2 Å². The number of hydrogen-bond acceptors (Lipinski definition) is 5. The summed E-state index contributed by atoms with van der Waals surface area (Å²) in [6.45, 7) is 0. The number of hydrogen-bond donors (Lipinski definition) is 3. The molecule has 2 atom stereocenters. The number of carboxylic acid groups (broad SMARTS) is 1. The van der Waals surface area contributed by atoms with Gasteiger partial charge in [-0.25, -0.2) is 27.7 Å². The van der Waals surface area contributed by atoms with Crippen molar-refractivity contribution in [1.82, 2.24) is 24.6 Å². The van der Waals surface area contributed by atoms with Crippen LogP contribution in [0.1, 0.15) is 37.8 Å². The molecule has 0 unspecified atom stereocenters. The average molecular weight is 470 g/mol. The third-order valence-corrected chi connectivity index (χ3v) is 7.31. The monoisotopic (exact) mass is 470 g/mol. The van der Waals surface area contributed by atoms with Crippen LogP contribution in [0.3, 0.4) is 0 Å². The van der Waals surface area contributed by atoms with Crippen LogP contribution in [0.2, 0.25) is 0 Å². The second kappa shape index (κ2) is 7.71. The molecule has 3 fully saturated rings. The highest BCUT2D eigenvalue weighted by atomic mass is 19.3. The van der Waals surface area contributed by atoms with Crippen LogP contribution in [0.4, 0.5) is 19.0 Å². The molecule has 0 aliphatic heterocycles. The number of nitrogens with one attached hydrogen (secondary N) is 2. The van der Waals surface area contributed by atoms with Gasteiger partial charge in [0.25, 0.3) is 6.43 Å². The normalized spacial score (nSPS) is 24.4. The average Bonchev–Trinajstić information content (AvgIpc) is 3.43. The molecular formula is C23H21F3N6O2. The number of fused-ring (bicyclic) bond motifs is 5. The van der Waals surface area contributed by atoms with Gasteiger partial charge in [-0.2, -0.15) is 0 Å². The molecule has 3 aliphatic rings. The summed E-state index contributed by atoms with van der Waals surface area (Å²) in [5.74, 6) is -1.40. The van der Waals surface area contributed by atoms with E-state index in [0.717, 1.165) is 36.4 Å². The van der Waals surface area contributed by atoms with E-state index in [1.54, 1.807) is 6.20 Å². The summed E-state index contributed by atoms with van der Waals surface area (Å²) >= 11 is 0. The van der Waals surface area contributed by atoms with Crippen LogP contribution < -0.4 is 5.32 Å². The van der Waals surface area contributed by atoms with Gasteiger partial charge < -0.3 is 15.4 Å². The Bertz CT molecular complexity index is 1410. The van der Waals surface area contributed by atoms with Crippen molar-refractivity contribution in [3.8, 4) is 11.4 Å². The molecule has 4 aromatic rings. The fourth-order valence-corrected chi connectivity index (χ4v) is 5.73. The van der Waals surface area contributed by atoms with E-state index in [1.807, 2.05) is 0 Å². The van der Waals surface area contributed by atoms with Gasteiger partial charge in [-0.15, -0.1) is 5.10 Å². The Kier molecular flexibility index (Phi) is 4.75. The Morgan fingerprint density at radius 2 is 1.97 bits per heavy atom. The summed E-state index contributed by atoms with van der Waals surface area (Å²) in [7, 11) is 0. The van der Waals surface area contributed by atoms with Crippen molar-refractivity contribution < 1.29 is 23.1 Å². The van der Waals surface area contributed by atoms with Gasteiger partial charge in [0.05, 0.1) is 12.1 Å². The molecule has 0 amide bonds. The number of H-pyrrole nitrogens is 1. The largest absolute Gasteiger partial charge is 0.481 e. The summed E-state index contributed by atoms with van der Waals surface area (Å²) < 4.78 is 42.5. The molecule has 2 bridgehead atoms. The fraction of sp³-hybridized carbons (Fsp3) is 0.391. The van der Waals surface area contributed by atoms with E-state index in [1.165, 1.54) is 18.2 Å². The molecule has 0 aromatic carbocycles. The lowest BCUT2D eigenvalue weighted by Gasteiger charge is -2.47. The molecule has 176 valence electrons. The van der Waals surface area contributed by atoms with Crippen LogP contribution in [-0.4, -0.2) is 41.7 Å². The van der Waals surface area contributed by atoms with E-state index in [2.05, 4.69) is 25.4 Å². The Labute approximate surface area is 191 Å². The molecule has 3 aliphatic carbocycles. The van der Waals surface area contributed by atoms with Gasteiger partial charge in [-0.3, -0.25) is 4.79 Å². The van der Waals surface area contributed by atoms with Crippen LogP contribution in [0, 0.1) is 23.6 Å². The van der Waals surface area contributed by atoms with Crippen LogP contribution in [-0.2, 0) is 4.79 Å². The molecule has 8 nitrogen and oxygen atoms in total. The first-order chi connectivity index (χ1) is 16.4. The molecule has 0 spiro atoms. The van der Waals surface area contributed by atoms with Crippen LogP contribution in [0.25, 0.3) is 27.9 Å². The SMILES string of the molecule is O=C(O)[C@@H]1C2CCC(CC2)[C@H]1Nc1nc(-c2c[nH]c3ncc(F)cc23)nn2c(C(F)F)ccc12. The first-order valence-corrected chi connectivity index (χ1v) is 11.2. The van der Waals surface area contributed by atoms with Crippen LogP contribution in [0.5, 0.6) is 0 Å². The number of alkyl halides is 2. The Morgan fingerprint density at radius 3 is 2.71 bits per heavy atom. The number of rotatable bonds is 5. The number of nitrogens with zero attached hydrogens (tertiary/aromatic N) is 4. The van der Waals surface area contributed by atoms with E-state index >= 15 is 0 Å². The molecule has 3 N–H and O–H groups in total. The summed E-state index contributed by atoms with van der Waals surface area (Å²) in [5.41, 5.74) is 0.826. The summed E-state index contributed by atoms with van der Waals surface area (Å²) in [5, 5.41) is 18.0. The highest BCUT2D eigenvalue weighted by Crippen LogP contribution is 2.46. The smallest absolute Gasteiger partial charge is 0.308 e. The maximum atomic E-state index is 13.9. The molecule has 3 saturated carbocycles. The Hall–Kier alpha value is -3.63. The van der Waals surface area contributed by atoms with Crippen molar-refractivity contribution >= 4 is 28.3 Å². The van der Waals surface area contributed by atoms with Crippen molar-refractivity contribution in [2.75, 3.05) is 5.32 Å². The number of carbonyl (C=O) groups is 1. The minimum Gasteiger partial charge on any atom is -0.481 e. The minimum atomic E-state index is -2.78. The molecular weight excluding hydrogens is 449 g/mol. The van der Waals surface area contributed by atoms with Gasteiger partial charge >= 0.3 is 5.97 Å². The number of aromatic nitrogens is 5. The maximum Gasteiger partial charge on any atom is 0.308 e. The van der Waals surface area contributed by atoms with Gasteiger partial charge in [0.1, 0.15) is 22.7 Å². The number of anilines is 1. The number of aromatic amines is 1. The quantitative estimate of drug-likeness (QED) is 0.392. The summed E-state index contributed by atoms with van der Waals surface area (Å²) in [6.07, 6.45) is 3.42. The molecule has 4 aromatic heterocycles. The number of pyridine rings is 1. The lowest BCUT2D eigenvalue weighted by molar-refractivity contribution is -0.148. The first-order valence-electron chi connectivity index (χ1n) is 11.2. The van der Waals surface area contributed by atoms with Crippen molar-refractivity contribution in [3.05, 3.63) is 42.1 Å². The predicted octanol–water partition coefficient (Wildman–Crippen LogP) is 4.65. The third-order valence-electron chi connectivity index (χ3n) is 7.31. The van der Waals surface area contributed by atoms with Crippen LogP contribution >= 0.6 is 0 Å². The third kappa shape index (κ3) is 3.21. The van der Waals surface area contributed by atoms with Gasteiger partial charge in [0.2, 0.25) is 0 Å². The molecule has 11 heteroatoms. The van der Waals surface area contributed by atoms with Crippen molar-refractivity contribution in [3.63, 3.8) is 0 Å². The Morgan fingerprint density at radius 1 is 1.21 bits per heavy atom. The second-order valence-electron chi connectivity index (χ2n) is 9.10. The summed E-state index contributed by atoms with van der Waals surface area (Å²) in [6, 6.07) is 3.69. The fourth-order valence-electron chi connectivity index (χ4n) is 5.73. The molecule has 0 saturated heterocycles. The highest BCUT2D eigenvalue weighted by Gasteiger charge is 2.47. The molecule has 4 heterocycles. The maximum absolute atomic E-state index is 13.9. The van der Waals surface area contributed by atoms with Crippen molar-refractivity contribution in [1.29, 1.82) is 0 Å². The zero-order valence-electron chi connectivity index (χ0n) is 17.9. The first kappa shape index (κ1) is 20.9. The molecule has 34 heavy (non-hydrogen) atoms. The lowest BCUT2D eigenvalue weighted by atomic mass is 9.61. The van der Waals surface area contributed by atoms with Crippen LogP contribution in [0.15, 0.2) is 30.6 Å². The number of halogens is 3. The van der Waals surface area contributed by atoms with Gasteiger partial charge in [-0.05, 0) is 55.7 Å². The molecule has 7 rings (SSSR count). The minimum absolute atomic E-state index is 0.0726. The Balaban J connectivity index is 1.51. The zero-order chi connectivity index (χ0) is 23.6. The van der Waals surface area contributed by atoms with Crippen molar-refractivity contribution in [2.24, 2.45) is 17.8 Å². The summed E-state index contributed by atoms with van der Waals surface area (Å²) in [4.78, 5) is 23.7. The molecule has 0 radical (unpaired) electrons. The van der Waals surface area contributed by atoms with E-state index in [9.17, 15) is 23.1 Å². The van der Waals surface area contributed by atoms with Gasteiger partial charge in [0, 0.05) is 23.2 Å². The second-order valence-corrected chi connectivity index (χ2v) is 9.10. The topological polar surface area (TPSA) is 108 Å². The van der Waals surface area contributed by atoms with Crippen molar-refractivity contribution in [2.45, 2.75) is 38.2 Å². The van der Waals surface area contributed by atoms with E-state index in [0.29, 0.717) is 22.1 Å². The van der Waals surface area contributed by atoms with E-state index in [4.69, 9.17) is 0 Å².